The molecule has 2 atom stereocenters. The number of benzene rings is 1. The van der Waals surface area contributed by atoms with E-state index >= 15 is 0 Å². The molecule has 4 nitrogen and oxygen atoms in total. The monoisotopic (exact) mass is 348 g/mol. The quantitative estimate of drug-likeness (QED) is 0.903. The molecule has 0 amide bonds. The lowest BCUT2D eigenvalue weighted by Crippen LogP contribution is -2.33. The molecule has 24 heavy (non-hydrogen) atoms. The molecular weight excluding hydrogens is 327 g/mol. The van der Waals surface area contributed by atoms with Gasteiger partial charge < -0.3 is 5.32 Å². The highest BCUT2D eigenvalue weighted by Crippen LogP contribution is 2.25. The number of hydrogen-bond acceptors (Lipinski definition) is 4. The molecule has 2 heterocycles. The maximum Gasteiger partial charge on any atom is 0.154 e. The van der Waals surface area contributed by atoms with Crippen molar-refractivity contribution in [2.24, 2.45) is 0 Å². The van der Waals surface area contributed by atoms with Crippen LogP contribution in [0.5, 0.6) is 0 Å². The summed E-state index contributed by atoms with van der Waals surface area (Å²) in [4.78, 5) is 4.15. The van der Waals surface area contributed by atoms with Crippen molar-refractivity contribution in [1.29, 1.82) is 0 Å². The first-order chi connectivity index (χ1) is 11.5. The minimum Gasteiger partial charge on any atom is -0.305 e. The summed E-state index contributed by atoms with van der Waals surface area (Å²) >= 11 is 0. The van der Waals surface area contributed by atoms with Gasteiger partial charge in [0.05, 0.1) is 17.0 Å². The SMILES string of the molecule is Cc1cc([C@@H](NC[C@@H]2CCCS2(=O)=O)c2cccnc2)ccc1F. The van der Waals surface area contributed by atoms with Gasteiger partial charge in [-0.3, -0.25) is 4.98 Å². The van der Waals surface area contributed by atoms with Gasteiger partial charge in [-0.15, -0.1) is 0 Å². The Morgan fingerprint density at radius 3 is 2.79 bits per heavy atom. The number of nitrogens with one attached hydrogen (secondary N) is 1. The standard InChI is InChI=1S/C18H21FN2O2S/c1-13-10-14(6-7-17(13)19)18(15-4-2-8-20-11-15)21-12-16-5-3-9-24(16,22)23/h2,4,6-8,10-11,16,18,21H,3,5,9,12H2,1H3/t16-,18+/m0/s1. The van der Waals surface area contributed by atoms with Gasteiger partial charge in [-0.25, -0.2) is 12.8 Å². The predicted molar refractivity (Wildman–Crippen MR) is 92.0 cm³/mol. The molecule has 1 aromatic carbocycles. The molecule has 6 heteroatoms. The summed E-state index contributed by atoms with van der Waals surface area (Å²) in [5.41, 5.74) is 2.40. The van der Waals surface area contributed by atoms with E-state index in [9.17, 15) is 12.8 Å². The van der Waals surface area contributed by atoms with E-state index in [2.05, 4.69) is 10.3 Å². The molecule has 1 fully saturated rings. The van der Waals surface area contributed by atoms with E-state index in [0.717, 1.165) is 17.5 Å². The maximum absolute atomic E-state index is 13.6. The lowest BCUT2D eigenvalue weighted by atomic mass is 9.98. The van der Waals surface area contributed by atoms with E-state index in [0.29, 0.717) is 18.5 Å². The largest absolute Gasteiger partial charge is 0.305 e. The van der Waals surface area contributed by atoms with Crippen LogP contribution < -0.4 is 5.32 Å². The topological polar surface area (TPSA) is 59.1 Å². The maximum atomic E-state index is 13.6. The van der Waals surface area contributed by atoms with Crippen molar-refractivity contribution in [2.45, 2.75) is 31.1 Å². The number of aryl methyl sites for hydroxylation is 1. The van der Waals surface area contributed by atoms with Crippen molar-refractivity contribution in [2.75, 3.05) is 12.3 Å². The third kappa shape index (κ3) is 3.65. The van der Waals surface area contributed by atoms with E-state index in [1.807, 2.05) is 12.1 Å². The van der Waals surface area contributed by atoms with Crippen molar-refractivity contribution >= 4 is 9.84 Å². The van der Waals surface area contributed by atoms with E-state index in [1.54, 1.807) is 31.5 Å². The summed E-state index contributed by atoms with van der Waals surface area (Å²) in [6, 6.07) is 8.54. The van der Waals surface area contributed by atoms with Gasteiger partial charge in [0.1, 0.15) is 5.82 Å². The van der Waals surface area contributed by atoms with E-state index in [4.69, 9.17) is 0 Å². The summed E-state index contributed by atoms with van der Waals surface area (Å²) in [6.45, 7) is 2.11. The Morgan fingerprint density at radius 1 is 1.33 bits per heavy atom. The second-order valence-electron chi connectivity index (χ2n) is 6.27. The van der Waals surface area contributed by atoms with Gasteiger partial charge in [0.25, 0.3) is 0 Å². The second-order valence-corrected chi connectivity index (χ2v) is 8.67. The number of nitrogens with zero attached hydrogens (tertiary/aromatic N) is 1. The van der Waals surface area contributed by atoms with Crippen LogP contribution in [0.1, 0.15) is 35.6 Å². The van der Waals surface area contributed by atoms with Gasteiger partial charge in [-0.2, -0.15) is 0 Å². The van der Waals surface area contributed by atoms with E-state index in [1.165, 1.54) is 6.07 Å². The van der Waals surface area contributed by atoms with Crippen LogP contribution in [0, 0.1) is 12.7 Å². The molecule has 1 N–H and O–H groups in total. The molecule has 2 aromatic rings. The summed E-state index contributed by atoms with van der Waals surface area (Å²) in [7, 11) is -3.00. The van der Waals surface area contributed by atoms with Crippen molar-refractivity contribution in [3.8, 4) is 0 Å². The van der Waals surface area contributed by atoms with Crippen molar-refractivity contribution in [3.63, 3.8) is 0 Å². The number of aromatic nitrogens is 1. The van der Waals surface area contributed by atoms with Gasteiger partial charge in [-0.05, 0) is 48.6 Å². The molecule has 0 saturated carbocycles. The number of rotatable bonds is 5. The number of pyridine rings is 1. The number of halogens is 1. The normalized spacial score (nSPS) is 20.8. The highest BCUT2D eigenvalue weighted by Gasteiger charge is 2.31. The zero-order valence-electron chi connectivity index (χ0n) is 13.6. The summed E-state index contributed by atoms with van der Waals surface area (Å²) in [5, 5.41) is 3.01. The van der Waals surface area contributed by atoms with Crippen LogP contribution in [0.2, 0.25) is 0 Å². The number of sulfone groups is 1. The third-order valence-corrected chi connectivity index (χ3v) is 6.82. The van der Waals surface area contributed by atoms with Crippen molar-refractivity contribution in [1.82, 2.24) is 10.3 Å². The second kappa shape index (κ2) is 6.99. The van der Waals surface area contributed by atoms with Gasteiger partial charge in [0, 0.05) is 18.9 Å². The van der Waals surface area contributed by atoms with Crippen LogP contribution in [-0.4, -0.2) is 30.9 Å². The zero-order chi connectivity index (χ0) is 17.2. The fraction of sp³-hybridized carbons (Fsp3) is 0.389. The fourth-order valence-corrected chi connectivity index (χ4v) is 4.94. The molecule has 0 aliphatic carbocycles. The zero-order valence-corrected chi connectivity index (χ0v) is 14.4. The Hall–Kier alpha value is -1.79. The highest BCUT2D eigenvalue weighted by atomic mass is 32.2. The summed E-state index contributed by atoms with van der Waals surface area (Å²) < 4.78 is 37.7. The fourth-order valence-electron chi connectivity index (χ4n) is 3.16. The first kappa shape index (κ1) is 17.0. The minimum absolute atomic E-state index is 0.214. The number of hydrogen-bond donors (Lipinski definition) is 1. The van der Waals surface area contributed by atoms with Gasteiger partial charge in [-0.1, -0.05) is 18.2 Å². The molecule has 0 bridgehead atoms. The Morgan fingerprint density at radius 2 is 2.17 bits per heavy atom. The molecule has 3 rings (SSSR count). The van der Waals surface area contributed by atoms with Gasteiger partial charge in [0.15, 0.2) is 9.84 Å². The molecule has 1 saturated heterocycles. The summed E-state index contributed by atoms with van der Waals surface area (Å²) in [5.74, 6) is 0.0223. The Bertz CT molecular complexity index is 809. The third-order valence-electron chi connectivity index (χ3n) is 4.55. The first-order valence-electron chi connectivity index (χ1n) is 8.08. The van der Waals surface area contributed by atoms with Crippen LogP contribution in [0.3, 0.4) is 0 Å². The molecule has 0 radical (unpaired) electrons. The first-order valence-corrected chi connectivity index (χ1v) is 9.80. The van der Waals surface area contributed by atoms with Crippen LogP contribution in [0.25, 0.3) is 0 Å². The Balaban J connectivity index is 1.87. The molecule has 1 aliphatic rings. The molecule has 0 unspecified atom stereocenters. The smallest absolute Gasteiger partial charge is 0.154 e. The van der Waals surface area contributed by atoms with Crippen molar-refractivity contribution in [3.05, 3.63) is 65.2 Å². The van der Waals surface area contributed by atoms with E-state index in [-0.39, 0.29) is 22.9 Å². The Labute approximate surface area is 142 Å². The van der Waals surface area contributed by atoms with Gasteiger partial charge in [0.2, 0.25) is 0 Å². The van der Waals surface area contributed by atoms with Crippen LogP contribution >= 0.6 is 0 Å². The van der Waals surface area contributed by atoms with Gasteiger partial charge >= 0.3 is 0 Å². The Kier molecular flexibility index (Phi) is 4.96. The average molecular weight is 348 g/mol. The predicted octanol–water partition coefficient (Wildman–Crippen LogP) is 2.79. The highest BCUT2D eigenvalue weighted by molar-refractivity contribution is 7.92. The molecular formula is C18H21FN2O2S. The molecule has 0 spiro atoms. The van der Waals surface area contributed by atoms with Crippen molar-refractivity contribution < 1.29 is 12.8 Å². The lowest BCUT2D eigenvalue weighted by molar-refractivity contribution is 0.550. The molecule has 1 aromatic heterocycles. The lowest BCUT2D eigenvalue weighted by Gasteiger charge is -2.22. The van der Waals surface area contributed by atoms with E-state index < -0.39 is 9.84 Å². The van der Waals surface area contributed by atoms with Crippen LogP contribution in [0.15, 0.2) is 42.7 Å². The molecule has 128 valence electrons. The average Bonchev–Trinajstić information content (AvgIpc) is 2.90. The molecule has 1 aliphatic heterocycles. The minimum atomic E-state index is -3.00. The summed E-state index contributed by atoms with van der Waals surface area (Å²) in [6.07, 6.45) is 4.86. The van der Waals surface area contributed by atoms with Crippen LogP contribution in [0.4, 0.5) is 4.39 Å². The van der Waals surface area contributed by atoms with Crippen LogP contribution in [-0.2, 0) is 9.84 Å².